The van der Waals surface area contributed by atoms with Gasteiger partial charge < -0.3 is 15.8 Å². The molecule has 0 radical (unpaired) electrons. The molecule has 1 aromatic heterocycles. The van der Waals surface area contributed by atoms with Crippen LogP contribution in [0.15, 0.2) is 11.4 Å². The highest BCUT2D eigenvalue weighted by molar-refractivity contribution is 7.10. The molecule has 3 N–H and O–H groups in total. The summed E-state index contributed by atoms with van der Waals surface area (Å²) in [6.07, 6.45) is 4.36. The van der Waals surface area contributed by atoms with Gasteiger partial charge in [-0.05, 0) is 42.7 Å². The highest BCUT2D eigenvalue weighted by Gasteiger charge is 2.53. The molecule has 1 aliphatic heterocycles. The molecule has 1 aromatic rings. The molecule has 4 nitrogen and oxygen atoms in total. The molecule has 5 atom stereocenters. The zero-order valence-electron chi connectivity index (χ0n) is 11.4. The Morgan fingerprint density at radius 2 is 2.35 bits per heavy atom. The Labute approximate surface area is 122 Å². The fourth-order valence-corrected chi connectivity index (χ4v) is 4.94. The van der Waals surface area contributed by atoms with Crippen molar-refractivity contribution in [2.45, 2.75) is 49.8 Å². The monoisotopic (exact) mass is 292 g/mol. The summed E-state index contributed by atoms with van der Waals surface area (Å²) in [5.41, 5.74) is 7.40. The molecule has 0 bridgehead atoms. The first-order valence-electron chi connectivity index (χ1n) is 7.49. The average Bonchev–Trinajstić information content (AvgIpc) is 3.10. The SMILES string of the molecule is NC1C2CCOC2C1NC(=O)C1CCCc2sccc21. The second kappa shape index (κ2) is 4.83. The second-order valence-electron chi connectivity index (χ2n) is 6.14. The van der Waals surface area contributed by atoms with Gasteiger partial charge in [0.2, 0.25) is 5.91 Å². The van der Waals surface area contributed by atoms with Crippen LogP contribution in [-0.2, 0) is 16.0 Å². The molecule has 3 aliphatic rings. The number of rotatable bonds is 2. The van der Waals surface area contributed by atoms with Crippen molar-refractivity contribution in [1.82, 2.24) is 5.32 Å². The lowest BCUT2D eigenvalue weighted by Crippen LogP contribution is -2.69. The van der Waals surface area contributed by atoms with Gasteiger partial charge in [0.25, 0.3) is 0 Å². The van der Waals surface area contributed by atoms with Gasteiger partial charge >= 0.3 is 0 Å². The Balaban J connectivity index is 1.47. The Morgan fingerprint density at radius 3 is 3.25 bits per heavy atom. The van der Waals surface area contributed by atoms with Crippen LogP contribution in [0.25, 0.3) is 0 Å². The summed E-state index contributed by atoms with van der Waals surface area (Å²) in [5, 5.41) is 5.25. The van der Waals surface area contributed by atoms with Crippen molar-refractivity contribution in [2.75, 3.05) is 6.61 Å². The summed E-state index contributed by atoms with van der Waals surface area (Å²) in [6, 6.07) is 2.19. The zero-order valence-corrected chi connectivity index (χ0v) is 12.2. The zero-order chi connectivity index (χ0) is 13.7. The topological polar surface area (TPSA) is 64.3 Å². The number of thiophene rings is 1. The van der Waals surface area contributed by atoms with E-state index in [9.17, 15) is 4.79 Å². The number of nitrogens with two attached hydrogens (primary N) is 1. The van der Waals surface area contributed by atoms with Gasteiger partial charge in [0.05, 0.1) is 18.1 Å². The third kappa shape index (κ3) is 1.84. The van der Waals surface area contributed by atoms with E-state index in [1.807, 2.05) is 0 Å². The number of aryl methyl sites for hydroxylation is 1. The molecule has 2 fully saturated rings. The van der Waals surface area contributed by atoms with Crippen LogP contribution in [0.2, 0.25) is 0 Å². The Bertz CT molecular complexity index is 530. The summed E-state index contributed by atoms with van der Waals surface area (Å²) in [7, 11) is 0. The maximum Gasteiger partial charge on any atom is 0.227 e. The van der Waals surface area contributed by atoms with E-state index in [1.54, 1.807) is 11.3 Å². The van der Waals surface area contributed by atoms with Crippen molar-refractivity contribution in [3.05, 3.63) is 21.9 Å². The van der Waals surface area contributed by atoms with Crippen LogP contribution in [0, 0.1) is 5.92 Å². The van der Waals surface area contributed by atoms with E-state index in [4.69, 9.17) is 10.5 Å². The van der Waals surface area contributed by atoms with Crippen LogP contribution < -0.4 is 11.1 Å². The van der Waals surface area contributed by atoms with E-state index in [0.29, 0.717) is 5.92 Å². The van der Waals surface area contributed by atoms with Crippen molar-refractivity contribution in [3.63, 3.8) is 0 Å². The number of carbonyl (C=O) groups excluding carboxylic acids is 1. The van der Waals surface area contributed by atoms with Gasteiger partial charge in [0.15, 0.2) is 0 Å². The Hall–Kier alpha value is -0.910. The van der Waals surface area contributed by atoms with Gasteiger partial charge in [-0.15, -0.1) is 11.3 Å². The minimum atomic E-state index is 0.0117. The molecule has 2 aliphatic carbocycles. The molecule has 1 amide bonds. The standard InChI is InChI=1S/C15H20N2O2S/c16-12-10-4-6-19-14(10)13(12)17-15(18)9-2-1-3-11-8(9)5-7-20-11/h5,7,9-10,12-14H,1-4,6,16H2,(H,17,18). The van der Waals surface area contributed by atoms with E-state index < -0.39 is 0 Å². The normalized spacial score (nSPS) is 38.8. The second-order valence-corrected chi connectivity index (χ2v) is 7.14. The first-order valence-corrected chi connectivity index (χ1v) is 8.37. The lowest BCUT2D eigenvalue weighted by Gasteiger charge is -2.46. The number of amides is 1. The summed E-state index contributed by atoms with van der Waals surface area (Å²) < 4.78 is 5.68. The predicted octanol–water partition coefficient (Wildman–Crippen LogP) is 1.40. The van der Waals surface area contributed by atoms with E-state index in [2.05, 4.69) is 16.8 Å². The fraction of sp³-hybridized carbons (Fsp3) is 0.667. The van der Waals surface area contributed by atoms with Gasteiger partial charge in [0.1, 0.15) is 0 Å². The first kappa shape index (κ1) is 12.8. The molecule has 2 heterocycles. The van der Waals surface area contributed by atoms with Crippen molar-refractivity contribution in [2.24, 2.45) is 11.7 Å². The molecule has 1 saturated heterocycles. The number of hydrogen-bond acceptors (Lipinski definition) is 4. The first-order chi connectivity index (χ1) is 9.75. The Kier molecular flexibility index (Phi) is 3.09. The minimum Gasteiger partial charge on any atom is -0.376 e. The highest BCUT2D eigenvalue weighted by atomic mass is 32.1. The molecule has 5 heteroatoms. The van der Waals surface area contributed by atoms with E-state index in [0.717, 1.165) is 32.3 Å². The third-order valence-corrected chi connectivity index (χ3v) is 6.12. The summed E-state index contributed by atoms with van der Waals surface area (Å²) in [5.74, 6) is 0.597. The van der Waals surface area contributed by atoms with Crippen LogP contribution >= 0.6 is 11.3 Å². The lowest BCUT2D eigenvalue weighted by molar-refractivity contribution is -0.127. The van der Waals surface area contributed by atoms with Crippen molar-refractivity contribution in [1.29, 1.82) is 0 Å². The van der Waals surface area contributed by atoms with Gasteiger partial charge in [0, 0.05) is 23.4 Å². The van der Waals surface area contributed by atoms with Crippen LogP contribution in [0.5, 0.6) is 0 Å². The smallest absolute Gasteiger partial charge is 0.227 e. The van der Waals surface area contributed by atoms with Crippen LogP contribution in [0.3, 0.4) is 0 Å². The van der Waals surface area contributed by atoms with Crippen molar-refractivity contribution >= 4 is 17.2 Å². The van der Waals surface area contributed by atoms with Crippen molar-refractivity contribution < 1.29 is 9.53 Å². The molecule has 0 spiro atoms. The van der Waals surface area contributed by atoms with Gasteiger partial charge in [-0.2, -0.15) is 0 Å². The quantitative estimate of drug-likeness (QED) is 0.866. The molecule has 108 valence electrons. The number of hydrogen-bond donors (Lipinski definition) is 2. The van der Waals surface area contributed by atoms with Gasteiger partial charge in [-0.3, -0.25) is 4.79 Å². The predicted molar refractivity (Wildman–Crippen MR) is 77.8 cm³/mol. The number of nitrogens with one attached hydrogen (secondary N) is 1. The summed E-state index contributed by atoms with van der Waals surface area (Å²) in [6.45, 7) is 0.785. The van der Waals surface area contributed by atoms with E-state index in [-0.39, 0.29) is 30.0 Å². The number of fused-ring (bicyclic) bond motifs is 2. The number of carbonyl (C=O) groups is 1. The molecular weight excluding hydrogens is 272 g/mol. The van der Waals surface area contributed by atoms with Gasteiger partial charge in [-0.25, -0.2) is 0 Å². The number of ether oxygens (including phenoxy) is 1. The van der Waals surface area contributed by atoms with Crippen LogP contribution in [-0.4, -0.2) is 30.7 Å². The molecular formula is C15H20N2O2S. The summed E-state index contributed by atoms with van der Waals surface area (Å²) in [4.78, 5) is 14.0. The van der Waals surface area contributed by atoms with Crippen LogP contribution in [0.1, 0.15) is 35.6 Å². The maximum absolute atomic E-state index is 12.6. The largest absolute Gasteiger partial charge is 0.376 e. The minimum absolute atomic E-state index is 0.0117. The molecule has 4 rings (SSSR count). The molecule has 1 saturated carbocycles. The Morgan fingerprint density at radius 1 is 1.45 bits per heavy atom. The van der Waals surface area contributed by atoms with Gasteiger partial charge in [-0.1, -0.05) is 0 Å². The highest BCUT2D eigenvalue weighted by Crippen LogP contribution is 2.39. The average molecular weight is 292 g/mol. The van der Waals surface area contributed by atoms with E-state index in [1.165, 1.54) is 10.4 Å². The van der Waals surface area contributed by atoms with E-state index >= 15 is 0 Å². The molecule has 20 heavy (non-hydrogen) atoms. The maximum atomic E-state index is 12.6. The molecule has 5 unspecified atom stereocenters. The van der Waals surface area contributed by atoms with Crippen LogP contribution in [0.4, 0.5) is 0 Å². The molecule has 0 aromatic carbocycles. The summed E-state index contributed by atoms with van der Waals surface area (Å²) >= 11 is 1.77. The lowest BCUT2D eigenvalue weighted by atomic mass is 9.72. The fourth-order valence-electron chi connectivity index (χ4n) is 3.95. The third-order valence-electron chi connectivity index (χ3n) is 5.12. The van der Waals surface area contributed by atoms with Crippen molar-refractivity contribution in [3.8, 4) is 0 Å².